The maximum atomic E-state index is 6.36. The van der Waals surface area contributed by atoms with Gasteiger partial charge < -0.3 is 4.52 Å². The summed E-state index contributed by atoms with van der Waals surface area (Å²) < 4.78 is 4.08. The van der Waals surface area contributed by atoms with Gasteiger partial charge in [-0.25, -0.2) is 0 Å². The largest absolute Gasteiger partial charge is 0.332 e. The maximum absolute atomic E-state index is 6.36. The second kappa shape index (κ2) is 10.3. The van der Waals surface area contributed by atoms with Crippen molar-refractivity contribution in [2.45, 2.75) is 63.7 Å². The molecule has 0 N–H and O–H groups in total. The van der Waals surface area contributed by atoms with Gasteiger partial charge in [0.2, 0.25) is 12.4 Å². The van der Waals surface area contributed by atoms with E-state index in [-0.39, 0.29) is 13.0 Å². The molecule has 1 atom stereocenters. The molecule has 0 spiro atoms. The Balaban J connectivity index is 5.49. The number of halogens is 8. The van der Waals surface area contributed by atoms with Crippen molar-refractivity contribution in [3.63, 3.8) is 0 Å². The summed E-state index contributed by atoms with van der Waals surface area (Å²) in [6, 6.07) is 0. The number of hydrogen-bond donors (Lipinski definition) is 0. The smallest absolute Gasteiger partial charge is 0.256 e. The summed E-state index contributed by atoms with van der Waals surface area (Å²) in [5.74, 6) is 0. The van der Waals surface area contributed by atoms with E-state index >= 15 is 0 Å². The molecule has 0 aromatic carbocycles. The minimum absolute atomic E-state index is 0.220. The normalized spacial score (nSPS) is 15.8. The van der Waals surface area contributed by atoms with Crippen LogP contribution < -0.4 is 0 Å². The molecule has 0 saturated carbocycles. The van der Waals surface area contributed by atoms with Crippen LogP contribution in [-0.2, 0) is 9.05 Å². The maximum Gasteiger partial charge on any atom is 0.256 e. The van der Waals surface area contributed by atoms with Gasteiger partial charge in [0.1, 0.15) is 0 Å². The standard InChI is InChI=1S/C12H19Cl8O2P/c1-4-7-9(13,14)11(17,18)22-23(21-6-3)12(19,20)10(15,16)8-5-2/h4-8H2,1-3H3. The van der Waals surface area contributed by atoms with Crippen molar-refractivity contribution in [2.75, 3.05) is 6.61 Å². The van der Waals surface area contributed by atoms with Gasteiger partial charge in [0, 0.05) is 0 Å². The number of hydrogen-bond acceptors (Lipinski definition) is 2. The molecule has 140 valence electrons. The third-order valence-corrected chi connectivity index (χ3v) is 9.82. The van der Waals surface area contributed by atoms with Crippen molar-refractivity contribution >= 4 is 101 Å². The minimum Gasteiger partial charge on any atom is -0.332 e. The molecule has 0 aromatic rings. The highest BCUT2D eigenvalue weighted by Crippen LogP contribution is 2.69. The van der Waals surface area contributed by atoms with Crippen molar-refractivity contribution in [3.05, 3.63) is 0 Å². The van der Waals surface area contributed by atoms with Gasteiger partial charge in [-0.1, -0.05) is 119 Å². The van der Waals surface area contributed by atoms with Crippen LogP contribution in [0, 0.1) is 0 Å². The van der Waals surface area contributed by atoms with Crippen LogP contribution in [0.2, 0.25) is 0 Å². The number of alkyl halides is 8. The van der Waals surface area contributed by atoms with Crippen LogP contribution in [-0.4, -0.2) is 23.9 Å². The van der Waals surface area contributed by atoms with Gasteiger partial charge >= 0.3 is 0 Å². The third kappa shape index (κ3) is 6.96. The van der Waals surface area contributed by atoms with E-state index in [1.165, 1.54) is 0 Å². The summed E-state index contributed by atoms with van der Waals surface area (Å²) in [5, 5.41) is 0. The molecule has 0 fully saturated rings. The highest BCUT2D eigenvalue weighted by Gasteiger charge is 2.59. The highest BCUT2D eigenvalue weighted by atomic mass is 35.5. The van der Waals surface area contributed by atoms with Crippen LogP contribution >= 0.6 is 101 Å². The molecule has 0 aliphatic carbocycles. The lowest BCUT2D eigenvalue weighted by molar-refractivity contribution is 0.188. The third-order valence-electron chi connectivity index (χ3n) is 2.67. The fourth-order valence-corrected chi connectivity index (χ4v) is 5.43. The SMILES string of the molecule is CCCC(Cl)(Cl)C(Cl)(Cl)OP(OCC)C(Cl)(Cl)C(Cl)(Cl)CCC. The van der Waals surface area contributed by atoms with Crippen LogP contribution in [0.15, 0.2) is 0 Å². The predicted molar refractivity (Wildman–Crippen MR) is 107 cm³/mol. The first-order chi connectivity index (χ1) is 10.3. The van der Waals surface area contributed by atoms with E-state index in [0.717, 1.165) is 0 Å². The molecule has 1 unspecified atom stereocenters. The zero-order valence-electron chi connectivity index (χ0n) is 12.8. The van der Waals surface area contributed by atoms with Crippen molar-refractivity contribution < 1.29 is 9.05 Å². The summed E-state index contributed by atoms with van der Waals surface area (Å²) in [6.45, 7) is 5.69. The van der Waals surface area contributed by atoms with Gasteiger partial charge in [-0.3, -0.25) is 4.52 Å². The second-order valence-corrected chi connectivity index (χ2v) is 12.4. The molecule has 0 aliphatic rings. The molecular weight excluding hydrogens is 491 g/mol. The van der Waals surface area contributed by atoms with E-state index in [0.29, 0.717) is 19.3 Å². The van der Waals surface area contributed by atoms with Gasteiger partial charge in [-0.05, 0) is 19.8 Å². The Morgan fingerprint density at radius 1 is 0.739 bits per heavy atom. The first kappa shape index (κ1) is 25.7. The molecule has 23 heavy (non-hydrogen) atoms. The van der Waals surface area contributed by atoms with Gasteiger partial charge in [0.15, 0.2) is 8.67 Å². The molecule has 0 aromatic heterocycles. The van der Waals surface area contributed by atoms with E-state index in [2.05, 4.69) is 0 Å². The van der Waals surface area contributed by atoms with Gasteiger partial charge in [-0.15, -0.1) is 0 Å². The molecular formula is C12H19Cl8O2P. The van der Waals surface area contributed by atoms with Crippen LogP contribution in [0.25, 0.3) is 0 Å². The Kier molecular flexibility index (Phi) is 11.5. The topological polar surface area (TPSA) is 18.5 Å². The Morgan fingerprint density at radius 2 is 1.17 bits per heavy atom. The molecule has 0 aliphatic heterocycles. The molecule has 11 heteroatoms. The molecule has 0 amide bonds. The lowest BCUT2D eigenvalue weighted by atomic mass is 10.2. The summed E-state index contributed by atoms with van der Waals surface area (Å²) in [5.41, 5.74) is 0. The summed E-state index contributed by atoms with van der Waals surface area (Å²) >= 11 is 50.0. The fraction of sp³-hybridized carbons (Fsp3) is 1.00. The van der Waals surface area contributed by atoms with Gasteiger partial charge in [0.25, 0.3) is 4.52 Å². The minimum atomic E-state index is -2.13. The quantitative estimate of drug-likeness (QED) is 0.205. The average molecular weight is 510 g/mol. The van der Waals surface area contributed by atoms with Crippen molar-refractivity contribution in [1.82, 2.24) is 0 Å². The summed E-state index contributed by atoms with van der Waals surface area (Å²) in [4.78, 5) is 0. The first-order valence-corrected chi connectivity index (χ1v) is 11.1. The van der Waals surface area contributed by atoms with E-state index in [9.17, 15) is 0 Å². The highest BCUT2D eigenvalue weighted by molar-refractivity contribution is 7.54. The van der Waals surface area contributed by atoms with Gasteiger partial charge in [0.05, 0.1) is 6.61 Å². The molecule has 0 radical (unpaired) electrons. The van der Waals surface area contributed by atoms with Crippen LogP contribution in [0.1, 0.15) is 46.5 Å². The van der Waals surface area contributed by atoms with Crippen LogP contribution in [0.5, 0.6) is 0 Å². The molecule has 0 heterocycles. The summed E-state index contributed by atoms with van der Waals surface area (Å²) in [7, 11) is -2.13. The Labute approximate surface area is 179 Å². The molecule has 0 rings (SSSR count). The zero-order valence-corrected chi connectivity index (χ0v) is 19.8. The van der Waals surface area contributed by atoms with Crippen LogP contribution in [0.4, 0.5) is 0 Å². The fourth-order valence-electron chi connectivity index (χ4n) is 1.51. The lowest BCUT2D eigenvalue weighted by Crippen LogP contribution is -2.42. The van der Waals surface area contributed by atoms with Crippen molar-refractivity contribution in [1.29, 1.82) is 0 Å². The number of rotatable bonds is 11. The van der Waals surface area contributed by atoms with E-state index in [4.69, 9.17) is 102 Å². The van der Waals surface area contributed by atoms with Crippen LogP contribution in [0.3, 0.4) is 0 Å². The predicted octanol–water partition coefficient (Wildman–Crippen LogP) is 8.56. The molecule has 0 saturated heterocycles. The molecule has 2 nitrogen and oxygen atoms in total. The second-order valence-electron chi connectivity index (χ2n) is 4.73. The average Bonchev–Trinajstić information content (AvgIpc) is 2.37. The Morgan fingerprint density at radius 3 is 1.57 bits per heavy atom. The van der Waals surface area contributed by atoms with Crippen molar-refractivity contribution in [2.24, 2.45) is 0 Å². The Bertz CT molecular complexity index is 365. The van der Waals surface area contributed by atoms with E-state index in [1.54, 1.807) is 6.92 Å². The lowest BCUT2D eigenvalue weighted by Gasteiger charge is -2.41. The molecule has 0 bridgehead atoms. The monoisotopic (exact) mass is 506 g/mol. The summed E-state index contributed by atoms with van der Waals surface area (Å²) in [6.07, 6.45) is 1.85. The first-order valence-electron chi connectivity index (χ1n) is 6.92. The Hall–Kier alpha value is 2.67. The van der Waals surface area contributed by atoms with Crippen molar-refractivity contribution in [3.8, 4) is 0 Å². The van der Waals surface area contributed by atoms with Gasteiger partial charge in [-0.2, -0.15) is 0 Å². The zero-order chi connectivity index (χ0) is 18.5. The van der Waals surface area contributed by atoms with E-state index in [1.807, 2.05) is 13.8 Å². The van der Waals surface area contributed by atoms with E-state index < -0.39 is 25.6 Å².